The van der Waals surface area contributed by atoms with Crippen LogP contribution in [-0.2, 0) is 12.8 Å². The van der Waals surface area contributed by atoms with Crippen molar-refractivity contribution >= 4 is 11.4 Å². The van der Waals surface area contributed by atoms with Crippen LogP contribution in [0.3, 0.4) is 0 Å². The van der Waals surface area contributed by atoms with E-state index in [2.05, 4.69) is 101 Å². The summed E-state index contributed by atoms with van der Waals surface area (Å²) in [5.41, 5.74) is 12.0. The number of aryl methyl sites for hydroxylation is 5. The van der Waals surface area contributed by atoms with Gasteiger partial charge in [-0.15, -0.1) is 0 Å². The van der Waals surface area contributed by atoms with E-state index in [0.717, 1.165) is 12.8 Å². The summed E-state index contributed by atoms with van der Waals surface area (Å²) in [6.45, 7) is 11.0. The van der Waals surface area contributed by atoms with E-state index in [9.17, 15) is 0 Å². The minimum absolute atomic E-state index is 1.02. The fraction of sp³-hybridized carbons (Fsp3) is 0.308. The van der Waals surface area contributed by atoms with Crippen molar-refractivity contribution in [1.82, 2.24) is 0 Å². The molecule has 0 fully saturated rings. The fourth-order valence-electron chi connectivity index (χ4n) is 3.68. The number of hydrogen-bond acceptors (Lipinski definition) is 1. The predicted octanol–water partition coefficient (Wildman–Crippen LogP) is 7.17. The molecule has 0 N–H and O–H groups in total. The zero-order valence-electron chi connectivity index (χ0n) is 17.6. The standard InChI is InChI=1S/C26H31N/c1-7-21-16-23(11-9-19(21)4)24-12-14-26(22(8-2)17-24)27(6)25-13-10-18(3)20(5)15-25/h9-17H,7-8H2,1-6H3. The largest absolute Gasteiger partial charge is 0.344 e. The quantitative estimate of drug-likeness (QED) is 0.468. The number of nitrogens with zero attached hydrogens (tertiary/aromatic N) is 1. The van der Waals surface area contributed by atoms with Crippen molar-refractivity contribution in [3.05, 3.63) is 82.4 Å². The first-order chi connectivity index (χ1) is 12.9. The van der Waals surface area contributed by atoms with Crippen molar-refractivity contribution in [1.29, 1.82) is 0 Å². The number of rotatable bonds is 5. The van der Waals surface area contributed by atoms with Gasteiger partial charge >= 0.3 is 0 Å². The van der Waals surface area contributed by atoms with Gasteiger partial charge in [0.2, 0.25) is 0 Å². The highest BCUT2D eigenvalue weighted by atomic mass is 15.1. The van der Waals surface area contributed by atoms with Crippen LogP contribution >= 0.6 is 0 Å². The molecule has 0 atom stereocenters. The predicted molar refractivity (Wildman–Crippen MR) is 119 cm³/mol. The Morgan fingerprint density at radius 3 is 1.85 bits per heavy atom. The molecule has 0 aliphatic heterocycles. The van der Waals surface area contributed by atoms with Crippen LogP contribution in [0.25, 0.3) is 11.1 Å². The molecule has 0 heterocycles. The Morgan fingerprint density at radius 1 is 0.630 bits per heavy atom. The molecule has 1 heteroatoms. The lowest BCUT2D eigenvalue weighted by molar-refractivity contribution is 1.09. The first-order valence-electron chi connectivity index (χ1n) is 9.98. The SMILES string of the molecule is CCc1cc(-c2ccc(N(C)c3ccc(C)c(C)c3)c(CC)c2)ccc1C. The number of hydrogen-bond donors (Lipinski definition) is 0. The second kappa shape index (κ2) is 8.00. The Hall–Kier alpha value is -2.54. The van der Waals surface area contributed by atoms with Crippen molar-refractivity contribution < 1.29 is 0 Å². The molecule has 3 aromatic carbocycles. The van der Waals surface area contributed by atoms with E-state index >= 15 is 0 Å². The Balaban J connectivity index is 2.00. The summed E-state index contributed by atoms with van der Waals surface area (Å²) in [6.07, 6.45) is 2.10. The molecule has 0 radical (unpaired) electrons. The average molecular weight is 358 g/mol. The second-order valence-electron chi connectivity index (χ2n) is 7.52. The van der Waals surface area contributed by atoms with Gasteiger partial charge in [-0.2, -0.15) is 0 Å². The molecule has 0 aliphatic carbocycles. The molecular formula is C26H31N. The molecule has 140 valence electrons. The van der Waals surface area contributed by atoms with Crippen molar-refractivity contribution in [3.63, 3.8) is 0 Å². The molecule has 0 aliphatic rings. The van der Waals surface area contributed by atoms with Crippen LogP contribution in [0.4, 0.5) is 11.4 Å². The molecule has 1 nitrogen and oxygen atoms in total. The van der Waals surface area contributed by atoms with E-state index in [0.29, 0.717) is 0 Å². The third kappa shape index (κ3) is 3.93. The zero-order valence-corrected chi connectivity index (χ0v) is 17.6. The van der Waals surface area contributed by atoms with E-state index in [1.54, 1.807) is 0 Å². The molecule has 0 bridgehead atoms. The number of anilines is 2. The Labute approximate surface area is 164 Å². The van der Waals surface area contributed by atoms with Crippen LogP contribution in [0.5, 0.6) is 0 Å². The van der Waals surface area contributed by atoms with Gasteiger partial charge in [-0.25, -0.2) is 0 Å². The Morgan fingerprint density at radius 2 is 1.22 bits per heavy atom. The first kappa shape index (κ1) is 19.2. The summed E-state index contributed by atoms with van der Waals surface area (Å²) in [4.78, 5) is 2.31. The highest BCUT2D eigenvalue weighted by Crippen LogP contribution is 2.33. The van der Waals surface area contributed by atoms with Crippen molar-refractivity contribution in [3.8, 4) is 11.1 Å². The van der Waals surface area contributed by atoms with Crippen LogP contribution in [0.15, 0.2) is 54.6 Å². The monoisotopic (exact) mass is 357 g/mol. The molecule has 0 saturated carbocycles. The average Bonchev–Trinajstić information content (AvgIpc) is 2.69. The highest BCUT2D eigenvalue weighted by molar-refractivity contribution is 5.73. The van der Waals surface area contributed by atoms with Crippen LogP contribution in [-0.4, -0.2) is 7.05 Å². The minimum Gasteiger partial charge on any atom is -0.344 e. The van der Waals surface area contributed by atoms with Gasteiger partial charge < -0.3 is 4.90 Å². The molecule has 0 unspecified atom stereocenters. The van der Waals surface area contributed by atoms with Gasteiger partial charge in [0.25, 0.3) is 0 Å². The Bertz CT molecular complexity index is 952. The third-order valence-electron chi connectivity index (χ3n) is 5.76. The van der Waals surface area contributed by atoms with Crippen LogP contribution < -0.4 is 4.90 Å². The lowest BCUT2D eigenvalue weighted by atomic mass is 9.96. The van der Waals surface area contributed by atoms with Crippen molar-refractivity contribution in [2.45, 2.75) is 47.5 Å². The normalized spacial score (nSPS) is 10.9. The van der Waals surface area contributed by atoms with Crippen molar-refractivity contribution in [2.24, 2.45) is 0 Å². The summed E-state index contributed by atoms with van der Waals surface area (Å²) < 4.78 is 0. The topological polar surface area (TPSA) is 3.24 Å². The highest BCUT2D eigenvalue weighted by Gasteiger charge is 2.11. The van der Waals surface area contributed by atoms with E-state index in [-0.39, 0.29) is 0 Å². The lowest BCUT2D eigenvalue weighted by Crippen LogP contribution is -2.12. The van der Waals surface area contributed by atoms with E-state index in [4.69, 9.17) is 0 Å². The fourth-order valence-corrected chi connectivity index (χ4v) is 3.68. The van der Waals surface area contributed by atoms with Gasteiger partial charge in [-0.1, -0.05) is 44.2 Å². The van der Waals surface area contributed by atoms with E-state index in [1.165, 1.54) is 50.3 Å². The summed E-state index contributed by atoms with van der Waals surface area (Å²) in [7, 11) is 2.17. The van der Waals surface area contributed by atoms with E-state index in [1.807, 2.05) is 0 Å². The zero-order chi connectivity index (χ0) is 19.6. The third-order valence-corrected chi connectivity index (χ3v) is 5.76. The van der Waals surface area contributed by atoms with Crippen LogP contribution in [0.1, 0.15) is 41.7 Å². The smallest absolute Gasteiger partial charge is 0.0440 e. The molecule has 3 rings (SSSR count). The van der Waals surface area contributed by atoms with Gasteiger partial charge in [0, 0.05) is 18.4 Å². The first-order valence-corrected chi connectivity index (χ1v) is 9.98. The summed E-state index contributed by atoms with van der Waals surface area (Å²) >= 11 is 0. The Kier molecular flexibility index (Phi) is 5.70. The van der Waals surface area contributed by atoms with Gasteiger partial charge in [0.15, 0.2) is 0 Å². The molecule has 0 saturated heterocycles. The molecular weight excluding hydrogens is 326 g/mol. The molecule has 0 aromatic heterocycles. The molecule has 0 amide bonds. The molecule has 0 spiro atoms. The van der Waals surface area contributed by atoms with Gasteiger partial charge in [-0.05, 0) is 96.8 Å². The van der Waals surface area contributed by atoms with Crippen molar-refractivity contribution in [2.75, 3.05) is 11.9 Å². The molecule has 3 aromatic rings. The van der Waals surface area contributed by atoms with Gasteiger partial charge in [0.05, 0.1) is 0 Å². The maximum Gasteiger partial charge on any atom is 0.0440 e. The van der Waals surface area contributed by atoms with Crippen LogP contribution in [0, 0.1) is 20.8 Å². The summed E-state index contributed by atoms with van der Waals surface area (Å²) in [5, 5.41) is 0. The minimum atomic E-state index is 1.02. The maximum atomic E-state index is 2.36. The van der Waals surface area contributed by atoms with Gasteiger partial charge in [-0.3, -0.25) is 0 Å². The lowest BCUT2D eigenvalue weighted by Gasteiger charge is -2.24. The summed E-state index contributed by atoms with van der Waals surface area (Å²) in [6, 6.07) is 20.4. The maximum absolute atomic E-state index is 2.36. The number of benzene rings is 3. The van der Waals surface area contributed by atoms with E-state index < -0.39 is 0 Å². The molecule has 27 heavy (non-hydrogen) atoms. The summed E-state index contributed by atoms with van der Waals surface area (Å²) in [5.74, 6) is 0. The van der Waals surface area contributed by atoms with Gasteiger partial charge in [0.1, 0.15) is 0 Å². The van der Waals surface area contributed by atoms with Crippen LogP contribution in [0.2, 0.25) is 0 Å². The second-order valence-corrected chi connectivity index (χ2v) is 7.52.